The van der Waals surface area contributed by atoms with Crippen LogP contribution in [-0.4, -0.2) is 66.2 Å². The number of carbonyl (C=O) groups excluding carboxylic acids is 2. The van der Waals surface area contributed by atoms with E-state index in [0.29, 0.717) is 6.42 Å². The molecule has 31 heavy (non-hydrogen) atoms. The maximum absolute atomic E-state index is 13.0. The number of phenols is 1. The van der Waals surface area contributed by atoms with Gasteiger partial charge in [0.1, 0.15) is 17.4 Å². The average Bonchev–Trinajstić information content (AvgIpc) is 2.58. The Morgan fingerprint density at radius 1 is 1.19 bits per heavy atom. The number of aliphatic imine (C=N–C) groups is 1. The van der Waals surface area contributed by atoms with Crippen molar-refractivity contribution >= 4 is 17.8 Å². The summed E-state index contributed by atoms with van der Waals surface area (Å²) in [6, 6.07) is 1.84. The predicted molar refractivity (Wildman–Crippen MR) is 122 cm³/mol. The number of aryl methyl sites for hydroxylation is 2. The summed E-state index contributed by atoms with van der Waals surface area (Å²) in [5.74, 6) is -0.720. The van der Waals surface area contributed by atoms with Crippen LogP contribution < -0.4 is 16.8 Å². The predicted octanol–water partition coefficient (Wildman–Crippen LogP) is 0.972. The van der Waals surface area contributed by atoms with E-state index in [-0.39, 0.29) is 30.6 Å². The van der Waals surface area contributed by atoms with Crippen molar-refractivity contribution < 1.29 is 19.4 Å². The number of esters is 1. The van der Waals surface area contributed by atoms with E-state index in [0.717, 1.165) is 16.7 Å². The van der Waals surface area contributed by atoms with Crippen molar-refractivity contribution in [3.05, 3.63) is 28.8 Å². The zero-order chi connectivity index (χ0) is 23.9. The third-order valence-electron chi connectivity index (χ3n) is 4.72. The fourth-order valence-corrected chi connectivity index (χ4v) is 3.27. The van der Waals surface area contributed by atoms with E-state index < -0.39 is 23.7 Å². The minimum Gasteiger partial charge on any atom is -0.508 e. The lowest BCUT2D eigenvalue weighted by Crippen LogP contribution is -2.52. The number of hydrogen-bond donors (Lipinski definition) is 4. The Morgan fingerprint density at radius 2 is 1.74 bits per heavy atom. The topological polar surface area (TPSA) is 143 Å². The van der Waals surface area contributed by atoms with Gasteiger partial charge in [-0.05, 0) is 84.0 Å². The molecule has 174 valence electrons. The summed E-state index contributed by atoms with van der Waals surface area (Å²) in [5, 5.41) is 12.7. The Balaban J connectivity index is 3.15. The average molecular weight is 436 g/mol. The van der Waals surface area contributed by atoms with E-state index in [4.69, 9.17) is 16.2 Å². The number of nitrogens with zero attached hydrogens (tertiary/aromatic N) is 2. The number of hydrogen-bond acceptors (Lipinski definition) is 6. The first-order valence-electron chi connectivity index (χ1n) is 10.3. The summed E-state index contributed by atoms with van der Waals surface area (Å²) in [7, 11) is 3.55. The molecule has 1 rings (SSSR count). The fourth-order valence-electron chi connectivity index (χ4n) is 3.27. The number of aromatic hydroxyl groups is 1. The number of nitrogens with one attached hydrogen (secondary N) is 1. The maximum Gasteiger partial charge on any atom is 0.329 e. The molecule has 0 saturated carbocycles. The molecule has 0 radical (unpaired) electrons. The standard InChI is InChI=1S/C22H37N5O4/c1-13-10-15(28)11-14(2)16(13)12-17(20(30)31-22(3,4)5)26-19(29)18(27(6)7)8-9-25-21(23)24/h10-11,17-18,28H,8-9,12H2,1-7H3,(H,26,29)(H4,23,24,25)/t17-,18+/m0/s1. The van der Waals surface area contributed by atoms with Crippen LogP contribution in [0.3, 0.4) is 0 Å². The first-order valence-corrected chi connectivity index (χ1v) is 10.3. The number of likely N-dealkylation sites (N-methyl/N-ethyl adjacent to an activating group) is 1. The molecule has 0 aromatic heterocycles. The van der Waals surface area contributed by atoms with Gasteiger partial charge in [0.05, 0.1) is 6.04 Å². The van der Waals surface area contributed by atoms with Gasteiger partial charge in [-0.25, -0.2) is 4.79 Å². The van der Waals surface area contributed by atoms with Crippen molar-refractivity contribution in [2.24, 2.45) is 16.5 Å². The second-order valence-corrected chi connectivity index (χ2v) is 8.93. The molecule has 0 aliphatic heterocycles. The molecule has 1 aromatic rings. The minimum atomic E-state index is -0.890. The van der Waals surface area contributed by atoms with E-state index in [1.807, 2.05) is 13.8 Å². The molecule has 1 aromatic carbocycles. The monoisotopic (exact) mass is 435 g/mol. The van der Waals surface area contributed by atoms with Gasteiger partial charge in [-0.2, -0.15) is 0 Å². The summed E-state index contributed by atoms with van der Waals surface area (Å²) in [5.41, 5.74) is 12.6. The molecule has 0 unspecified atom stereocenters. The first kappa shape index (κ1) is 26.2. The van der Waals surface area contributed by atoms with Crippen LogP contribution in [0.4, 0.5) is 0 Å². The summed E-state index contributed by atoms with van der Waals surface area (Å²) >= 11 is 0. The molecule has 0 spiro atoms. The Morgan fingerprint density at radius 3 is 2.19 bits per heavy atom. The van der Waals surface area contributed by atoms with Crippen LogP contribution in [0.25, 0.3) is 0 Å². The van der Waals surface area contributed by atoms with Crippen LogP contribution >= 0.6 is 0 Å². The van der Waals surface area contributed by atoms with Crippen molar-refractivity contribution in [3.63, 3.8) is 0 Å². The van der Waals surface area contributed by atoms with Crippen LogP contribution in [0.2, 0.25) is 0 Å². The van der Waals surface area contributed by atoms with Gasteiger partial charge >= 0.3 is 5.97 Å². The Labute approximate surface area is 184 Å². The highest BCUT2D eigenvalue weighted by molar-refractivity contribution is 5.88. The summed E-state index contributed by atoms with van der Waals surface area (Å²) in [6.45, 7) is 9.32. The van der Waals surface area contributed by atoms with Crippen LogP contribution in [0.15, 0.2) is 17.1 Å². The van der Waals surface area contributed by atoms with Gasteiger partial charge in [-0.1, -0.05) is 0 Å². The largest absolute Gasteiger partial charge is 0.508 e. The molecule has 0 saturated heterocycles. The molecule has 0 aliphatic carbocycles. The third kappa shape index (κ3) is 8.84. The van der Waals surface area contributed by atoms with Gasteiger partial charge in [0.2, 0.25) is 5.91 Å². The molecule has 2 atom stereocenters. The Bertz CT molecular complexity index is 788. The highest BCUT2D eigenvalue weighted by Gasteiger charge is 2.31. The highest BCUT2D eigenvalue weighted by Crippen LogP contribution is 2.23. The van der Waals surface area contributed by atoms with Gasteiger partial charge in [0.15, 0.2) is 5.96 Å². The zero-order valence-corrected chi connectivity index (χ0v) is 19.7. The van der Waals surface area contributed by atoms with Crippen molar-refractivity contribution in [1.82, 2.24) is 10.2 Å². The summed E-state index contributed by atoms with van der Waals surface area (Å²) in [4.78, 5) is 31.7. The van der Waals surface area contributed by atoms with Gasteiger partial charge < -0.3 is 26.6 Å². The van der Waals surface area contributed by atoms with Crippen LogP contribution in [0, 0.1) is 13.8 Å². The second-order valence-electron chi connectivity index (χ2n) is 8.93. The number of rotatable bonds is 9. The lowest BCUT2D eigenvalue weighted by atomic mass is 9.95. The number of carbonyl (C=O) groups is 2. The van der Waals surface area contributed by atoms with Crippen LogP contribution in [0.5, 0.6) is 5.75 Å². The van der Waals surface area contributed by atoms with Gasteiger partial charge in [0.25, 0.3) is 0 Å². The lowest BCUT2D eigenvalue weighted by molar-refractivity contribution is -0.159. The number of ether oxygens (including phenoxy) is 1. The molecule has 9 nitrogen and oxygen atoms in total. The molecular formula is C22H37N5O4. The highest BCUT2D eigenvalue weighted by atomic mass is 16.6. The maximum atomic E-state index is 13.0. The van der Waals surface area contributed by atoms with Crippen molar-refractivity contribution in [3.8, 4) is 5.75 Å². The molecule has 1 amide bonds. The smallest absolute Gasteiger partial charge is 0.329 e. The number of nitrogens with two attached hydrogens (primary N) is 2. The third-order valence-corrected chi connectivity index (χ3v) is 4.72. The van der Waals surface area contributed by atoms with Crippen molar-refractivity contribution in [1.29, 1.82) is 0 Å². The number of amides is 1. The Hall–Kier alpha value is -2.81. The molecule has 9 heteroatoms. The zero-order valence-electron chi connectivity index (χ0n) is 19.7. The fraction of sp³-hybridized carbons (Fsp3) is 0.591. The second kappa shape index (κ2) is 11.0. The first-order chi connectivity index (χ1) is 14.2. The minimum absolute atomic E-state index is 0.0390. The normalized spacial score (nSPS) is 13.4. The molecular weight excluding hydrogens is 398 g/mol. The van der Waals surface area contributed by atoms with Gasteiger partial charge in [-0.15, -0.1) is 0 Å². The van der Waals surface area contributed by atoms with E-state index in [1.54, 1.807) is 51.9 Å². The number of benzene rings is 1. The molecule has 6 N–H and O–H groups in total. The SMILES string of the molecule is Cc1cc(O)cc(C)c1C[C@H](NC(=O)[C@@H](CCN=C(N)N)N(C)C)C(=O)OC(C)(C)C. The summed E-state index contributed by atoms with van der Waals surface area (Å²) in [6.07, 6.45) is 0.627. The van der Waals surface area contributed by atoms with Crippen LogP contribution in [-0.2, 0) is 20.7 Å². The van der Waals surface area contributed by atoms with Crippen molar-refractivity contribution in [2.75, 3.05) is 20.6 Å². The van der Waals surface area contributed by atoms with Gasteiger partial charge in [0, 0.05) is 13.0 Å². The van der Waals surface area contributed by atoms with E-state index in [9.17, 15) is 14.7 Å². The van der Waals surface area contributed by atoms with Crippen molar-refractivity contribution in [2.45, 2.75) is 65.1 Å². The van der Waals surface area contributed by atoms with E-state index in [2.05, 4.69) is 10.3 Å². The molecule has 0 aliphatic rings. The lowest BCUT2D eigenvalue weighted by Gasteiger charge is -2.28. The van der Waals surface area contributed by atoms with Crippen LogP contribution in [0.1, 0.15) is 43.9 Å². The molecule has 0 heterocycles. The number of guanidine groups is 1. The molecule has 0 fully saturated rings. The number of phenolic OH excluding ortho intramolecular Hbond substituents is 1. The van der Waals surface area contributed by atoms with Gasteiger partial charge in [-0.3, -0.25) is 14.7 Å². The molecule has 0 bridgehead atoms. The summed E-state index contributed by atoms with van der Waals surface area (Å²) < 4.78 is 5.56. The Kier molecular flexibility index (Phi) is 9.30. The van der Waals surface area contributed by atoms with E-state index in [1.165, 1.54) is 0 Å². The quantitative estimate of drug-likeness (QED) is 0.257. The van der Waals surface area contributed by atoms with E-state index >= 15 is 0 Å².